The number of unbranched alkanes of at least 4 members (excludes halogenated alkanes) is 1. The van der Waals surface area contributed by atoms with Crippen LogP contribution in [-0.4, -0.2) is 77.0 Å². The number of carbonyl (C=O) groups is 3. The Labute approximate surface area is 176 Å². The Morgan fingerprint density at radius 3 is 2.60 bits per heavy atom. The number of ether oxygens (including phenoxy) is 1. The zero-order chi connectivity index (χ0) is 21.7. The highest BCUT2D eigenvalue weighted by molar-refractivity contribution is 5.90. The summed E-state index contributed by atoms with van der Waals surface area (Å²) in [6, 6.07) is 8.84. The first-order valence-corrected chi connectivity index (χ1v) is 10.1. The molecular formula is C21H27N5O4. The van der Waals surface area contributed by atoms with Crippen molar-refractivity contribution >= 4 is 18.2 Å². The van der Waals surface area contributed by atoms with E-state index in [2.05, 4.69) is 0 Å². The van der Waals surface area contributed by atoms with E-state index >= 15 is 0 Å². The summed E-state index contributed by atoms with van der Waals surface area (Å²) in [5.41, 5.74) is 0.931. The van der Waals surface area contributed by atoms with Gasteiger partial charge in [-0.25, -0.2) is 0 Å². The highest BCUT2D eigenvalue weighted by atomic mass is 16.5. The molecule has 3 amide bonds. The summed E-state index contributed by atoms with van der Waals surface area (Å²) in [5, 5.41) is 11.9. The monoisotopic (exact) mass is 413 g/mol. The van der Waals surface area contributed by atoms with Crippen LogP contribution in [-0.2, 0) is 20.9 Å². The molecule has 1 aromatic carbocycles. The molecule has 3 rings (SSSR count). The molecule has 9 nitrogen and oxygen atoms in total. The molecule has 0 N–H and O–H groups in total. The van der Waals surface area contributed by atoms with Crippen LogP contribution < -0.4 is 4.74 Å². The normalized spacial score (nSPS) is 22.0. The quantitative estimate of drug-likeness (QED) is 0.465. The molecule has 0 bridgehead atoms. The number of hydrazine groups is 1. The number of carbonyl (C=O) groups excluding carboxylic acids is 3. The second-order valence-corrected chi connectivity index (χ2v) is 7.47. The van der Waals surface area contributed by atoms with Crippen LogP contribution in [0.5, 0.6) is 5.75 Å². The highest BCUT2D eigenvalue weighted by Gasteiger charge is 2.49. The van der Waals surface area contributed by atoms with E-state index in [4.69, 9.17) is 10.00 Å². The minimum absolute atomic E-state index is 0.0686. The minimum Gasteiger partial charge on any atom is -0.497 e. The summed E-state index contributed by atoms with van der Waals surface area (Å²) in [4.78, 5) is 41.3. The van der Waals surface area contributed by atoms with Crippen LogP contribution in [0, 0.1) is 11.3 Å². The van der Waals surface area contributed by atoms with Crippen molar-refractivity contribution in [3.63, 3.8) is 0 Å². The number of rotatable bonds is 8. The number of benzene rings is 1. The lowest BCUT2D eigenvalue weighted by atomic mass is 10.0. The van der Waals surface area contributed by atoms with Crippen molar-refractivity contribution in [2.45, 2.75) is 44.9 Å². The van der Waals surface area contributed by atoms with Gasteiger partial charge in [0.15, 0.2) is 0 Å². The van der Waals surface area contributed by atoms with Crippen molar-refractivity contribution < 1.29 is 19.1 Å². The Morgan fingerprint density at radius 1 is 1.27 bits per heavy atom. The molecule has 160 valence electrons. The fourth-order valence-corrected chi connectivity index (χ4v) is 4.08. The number of methoxy groups -OCH3 is 1. The summed E-state index contributed by atoms with van der Waals surface area (Å²) in [6.45, 7) is 2.44. The van der Waals surface area contributed by atoms with E-state index in [-0.39, 0.29) is 31.4 Å². The van der Waals surface area contributed by atoms with Gasteiger partial charge in [0.1, 0.15) is 24.5 Å². The molecule has 1 aromatic rings. The second kappa shape index (κ2) is 9.59. The molecule has 0 aromatic heterocycles. The van der Waals surface area contributed by atoms with Gasteiger partial charge >= 0.3 is 0 Å². The molecule has 2 atom stereocenters. The number of piperazine rings is 1. The van der Waals surface area contributed by atoms with Gasteiger partial charge in [-0.05, 0) is 24.1 Å². The molecular weight excluding hydrogens is 386 g/mol. The van der Waals surface area contributed by atoms with E-state index in [9.17, 15) is 14.4 Å². The van der Waals surface area contributed by atoms with Gasteiger partial charge in [-0.15, -0.1) is 0 Å². The third kappa shape index (κ3) is 4.24. The Kier molecular flexibility index (Phi) is 6.90. The summed E-state index contributed by atoms with van der Waals surface area (Å²) in [6.07, 6.45) is 2.26. The molecule has 2 heterocycles. The standard InChI is InChI=1S/C21H27N5O4/c1-3-4-5-18-21(29)23(12-16-6-8-17(30-2)9-7-16)13-19-25(15-27)24(11-10-22)14-20(28)26(18)19/h6-9,15,18-19H,3-5,11-14H2,1-2H3/t18-,19?/m0/s1. The van der Waals surface area contributed by atoms with E-state index in [1.807, 2.05) is 37.3 Å². The van der Waals surface area contributed by atoms with Crippen molar-refractivity contribution in [2.24, 2.45) is 0 Å². The Morgan fingerprint density at radius 2 is 2.00 bits per heavy atom. The highest BCUT2D eigenvalue weighted by Crippen LogP contribution is 2.28. The minimum atomic E-state index is -0.616. The summed E-state index contributed by atoms with van der Waals surface area (Å²) in [7, 11) is 1.59. The van der Waals surface area contributed by atoms with E-state index in [1.54, 1.807) is 16.9 Å². The molecule has 30 heavy (non-hydrogen) atoms. The summed E-state index contributed by atoms with van der Waals surface area (Å²) in [5.74, 6) is 0.392. The zero-order valence-corrected chi connectivity index (χ0v) is 17.4. The van der Waals surface area contributed by atoms with Gasteiger partial charge in [-0.3, -0.25) is 19.4 Å². The van der Waals surface area contributed by atoms with Crippen LogP contribution >= 0.6 is 0 Å². The van der Waals surface area contributed by atoms with E-state index in [0.717, 1.165) is 24.2 Å². The maximum Gasteiger partial charge on any atom is 0.245 e. The van der Waals surface area contributed by atoms with Crippen molar-refractivity contribution in [3.05, 3.63) is 29.8 Å². The van der Waals surface area contributed by atoms with Crippen LogP contribution in [0.25, 0.3) is 0 Å². The summed E-state index contributed by atoms with van der Waals surface area (Å²) >= 11 is 0. The van der Waals surface area contributed by atoms with Crippen LogP contribution in [0.2, 0.25) is 0 Å². The molecule has 0 aliphatic carbocycles. The average molecular weight is 413 g/mol. The van der Waals surface area contributed by atoms with Crippen LogP contribution in [0.4, 0.5) is 0 Å². The number of nitrogens with zero attached hydrogens (tertiary/aromatic N) is 5. The van der Waals surface area contributed by atoms with Crippen LogP contribution in [0.1, 0.15) is 31.7 Å². The Bertz CT molecular complexity index is 822. The number of hydrogen-bond acceptors (Lipinski definition) is 6. The smallest absolute Gasteiger partial charge is 0.245 e. The molecule has 0 saturated carbocycles. The van der Waals surface area contributed by atoms with Gasteiger partial charge in [-0.2, -0.15) is 10.3 Å². The van der Waals surface area contributed by atoms with E-state index in [1.165, 1.54) is 10.0 Å². The van der Waals surface area contributed by atoms with Gasteiger partial charge in [-0.1, -0.05) is 31.9 Å². The molecule has 2 aliphatic rings. The molecule has 1 unspecified atom stereocenters. The molecule has 2 aliphatic heterocycles. The first-order valence-electron chi connectivity index (χ1n) is 10.1. The Hall–Kier alpha value is -3.12. The SMILES string of the molecule is CCCC[C@H]1C(=O)N(Cc2ccc(OC)cc2)CC2N1C(=O)CN(CC#N)N2C=O. The number of nitriles is 1. The third-order valence-electron chi connectivity index (χ3n) is 5.60. The fourth-order valence-electron chi connectivity index (χ4n) is 4.08. The molecule has 2 saturated heterocycles. The van der Waals surface area contributed by atoms with E-state index < -0.39 is 12.2 Å². The predicted molar refractivity (Wildman–Crippen MR) is 107 cm³/mol. The molecule has 0 spiro atoms. The maximum absolute atomic E-state index is 13.3. The zero-order valence-electron chi connectivity index (χ0n) is 17.4. The van der Waals surface area contributed by atoms with Crippen LogP contribution in [0.15, 0.2) is 24.3 Å². The second-order valence-electron chi connectivity index (χ2n) is 7.47. The fraction of sp³-hybridized carbons (Fsp3) is 0.524. The third-order valence-corrected chi connectivity index (χ3v) is 5.60. The molecule has 0 radical (unpaired) electrons. The van der Waals surface area contributed by atoms with Crippen molar-refractivity contribution in [3.8, 4) is 11.8 Å². The van der Waals surface area contributed by atoms with Gasteiger partial charge in [0, 0.05) is 6.54 Å². The lowest BCUT2D eigenvalue weighted by Gasteiger charge is -2.54. The predicted octanol–water partition coefficient (Wildman–Crippen LogP) is 0.963. The first-order chi connectivity index (χ1) is 14.5. The number of fused-ring (bicyclic) bond motifs is 1. The van der Waals surface area contributed by atoms with Gasteiger partial charge in [0.25, 0.3) is 0 Å². The van der Waals surface area contributed by atoms with Crippen molar-refractivity contribution in [2.75, 3.05) is 26.7 Å². The maximum atomic E-state index is 13.3. The van der Waals surface area contributed by atoms with Gasteiger partial charge in [0.2, 0.25) is 18.2 Å². The topological polar surface area (TPSA) is 97.2 Å². The van der Waals surface area contributed by atoms with Gasteiger partial charge in [0.05, 0.1) is 26.3 Å². The Balaban J connectivity index is 1.89. The van der Waals surface area contributed by atoms with E-state index in [0.29, 0.717) is 19.4 Å². The van der Waals surface area contributed by atoms with Gasteiger partial charge < -0.3 is 14.5 Å². The van der Waals surface area contributed by atoms with Crippen molar-refractivity contribution in [1.82, 2.24) is 19.8 Å². The lowest BCUT2D eigenvalue weighted by Crippen LogP contribution is -2.74. The molecule has 2 fully saturated rings. The van der Waals surface area contributed by atoms with Crippen LogP contribution in [0.3, 0.4) is 0 Å². The lowest BCUT2D eigenvalue weighted by molar-refractivity contribution is -0.199. The summed E-state index contributed by atoms with van der Waals surface area (Å²) < 4.78 is 5.19. The number of hydrogen-bond donors (Lipinski definition) is 0. The largest absolute Gasteiger partial charge is 0.497 e. The average Bonchev–Trinajstić information content (AvgIpc) is 2.75. The number of amides is 3. The van der Waals surface area contributed by atoms with Crippen molar-refractivity contribution in [1.29, 1.82) is 5.26 Å². The molecule has 9 heteroatoms. The first kappa shape index (κ1) is 21.6.